The van der Waals surface area contributed by atoms with Gasteiger partial charge in [-0.3, -0.25) is 0 Å². The molecule has 0 saturated carbocycles. The highest BCUT2D eigenvalue weighted by Gasteiger charge is 2.24. The maximum atomic E-state index is 5.79. The molecule has 0 bridgehead atoms. The fraction of sp³-hybridized carbons (Fsp3) is 0.143. The number of fused-ring (bicyclic) bond motifs is 3. The first kappa shape index (κ1) is 9.43. The highest BCUT2D eigenvalue weighted by molar-refractivity contribution is 5.75. The summed E-state index contributed by atoms with van der Waals surface area (Å²) in [5.74, 6) is 0.882. The van der Waals surface area contributed by atoms with Gasteiger partial charge in [0.15, 0.2) is 0 Å². The van der Waals surface area contributed by atoms with Gasteiger partial charge in [-0.1, -0.05) is 42.5 Å². The average Bonchev–Trinajstić information content (AvgIpc) is 2.38. The molecule has 0 aliphatic carbocycles. The van der Waals surface area contributed by atoms with Crippen molar-refractivity contribution in [1.82, 2.24) is 0 Å². The van der Waals surface area contributed by atoms with E-state index in [0.717, 1.165) is 16.9 Å². The van der Waals surface area contributed by atoms with Crippen molar-refractivity contribution in [3.8, 4) is 16.9 Å². The Kier molecular flexibility index (Phi) is 2.15. The first-order valence-corrected chi connectivity index (χ1v) is 5.28. The Hall–Kier alpha value is -1.80. The highest BCUT2D eigenvalue weighted by Crippen LogP contribution is 2.41. The third-order valence-electron chi connectivity index (χ3n) is 2.84. The lowest BCUT2D eigenvalue weighted by Crippen LogP contribution is -2.15. The fourth-order valence-electron chi connectivity index (χ4n) is 2.09. The maximum Gasteiger partial charge on any atom is 0.227 e. The van der Waals surface area contributed by atoms with Crippen molar-refractivity contribution in [2.75, 3.05) is 7.11 Å². The summed E-state index contributed by atoms with van der Waals surface area (Å²) in [4.78, 5) is 0. The molecule has 2 nitrogen and oxygen atoms in total. The smallest absolute Gasteiger partial charge is 0.227 e. The molecule has 1 aliphatic rings. The van der Waals surface area contributed by atoms with Crippen LogP contribution >= 0.6 is 0 Å². The van der Waals surface area contributed by atoms with Crippen LogP contribution in [0.25, 0.3) is 11.1 Å². The second kappa shape index (κ2) is 3.65. The Bertz CT molecular complexity index is 520. The van der Waals surface area contributed by atoms with E-state index >= 15 is 0 Å². The van der Waals surface area contributed by atoms with Crippen LogP contribution in [0.3, 0.4) is 0 Å². The largest absolute Gasteiger partial charge is 0.460 e. The molecule has 80 valence electrons. The van der Waals surface area contributed by atoms with Crippen molar-refractivity contribution in [2.24, 2.45) is 0 Å². The summed E-state index contributed by atoms with van der Waals surface area (Å²) < 4.78 is 11.1. The first-order valence-electron chi connectivity index (χ1n) is 5.28. The minimum atomic E-state index is -0.300. The van der Waals surface area contributed by atoms with Crippen molar-refractivity contribution in [2.45, 2.75) is 6.29 Å². The van der Waals surface area contributed by atoms with E-state index in [1.807, 2.05) is 36.4 Å². The highest BCUT2D eigenvalue weighted by atomic mass is 16.7. The molecule has 2 aromatic rings. The van der Waals surface area contributed by atoms with Crippen LogP contribution < -0.4 is 4.74 Å². The van der Waals surface area contributed by atoms with Gasteiger partial charge < -0.3 is 9.47 Å². The molecule has 0 amide bonds. The Labute approximate surface area is 94.4 Å². The number of benzene rings is 2. The number of rotatable bonds is 1. The summed E-state index contributed by atoms with van der Waals surface area (Å²) in [6.07, 6.45) is -0.300. The molecule has 0 N–H and O–H groups in total. The Morgan fingerprint density at radius 3 is 2.44 bits per heavy atom. The summed E-state index contributed by atoms with van der Waals surface area (Å²) in [7, 11) is 1.66. The van der Waals surface area contributed by atoms with Crippen LogP contribution in [0.15, 0.2) is 48.5 Å². The normalized spacial score (nSPS) is 17.2. The van der Waals surface area contributed by atoms with E-state index in [2.05, 4.69) is 12.1 Å². The summed E-state index contributed by atoms with van der Waals surface area (Å²) in [5, 5.41) is 0. The van der Waals surface area contributed by atoms with Crippen LogP contribution in [-0.4, -0.2) is 7.11 Å². The fourth-order valence-corrected chi connectivity index (χ4v) is 2.09. The molecule has 0 radical (unpaired) electrons. The Balaban J connectivity index is 2.24. The van der Waals surface area contributed by atoms with E-state index in [9.17, 15) is 0 Å². The average molecular weight is 212 g/mol. The van der Waals surface area contributed by atoms with E-state index in [0.29, 0.717) is 0 Å². The molecule has 16 heavy (non-hydrogen) atoms. The second-order valence-electron chi connectivity index (χ2n) is 3.77. The van der Waals surface area contributed by atoms with Gasteiger partial charge in [-0.05, 0) is 11.6 Å². The van der Waals surface area contributed by atoms with Gasteiger partial charge in [-0.15, -0.1) is 0 Å². The molecule has 2 heteroatoms. The standard InChI is InChI=1S/C14H12O2/c1-15-14-12-8-3-2-6-10(12)11-7-4-5-9-13(11)16-14/h2-9,14H,1H3. The van der Waals surface area contributed by atoms with Crippen molar-refractivity contribution in [3.05, 3.63) is 54.1 Å². The van der Waals surface area contributed by atoms with E-state index in [1.165, 1.54) is 5.56 Å². The monoisotopic (exact) mass is 212 g/mol. The minimum absolute atomic E-state index is 0.300. The van der Waals surface area contributed by atoms with E-state index in [-0.39, 0.29) is 6.29 Å². The third-order valence-corrected chi connectivity index (χ3v) is 2.84. The SMILES string of the molecule is COC1Oc2ccccc2-c2ccccc21. The summed E-state index contributed by atoms with van der Waals surface area (Å²) >= 11 is 0. The van der Waals surface area contributed by atoms with Crippen LogP contribution in [0, 0.1) is 0 Å². The van der Waals surface area contributed by atoms with Crippen LogP contribution in [0.2, 0.25) is 0 Å². The van der Waals surface area contributed by atoms with Gasteiger partial charge in [0.2, 0.25) is 6.29 Å². The van der Waals surface area contributed by atoms with Crippen molar-refractivity contribution >= 4 is 0 Å². The summed E-state index contributed by atoms with van der Waals surface area (Å²) in [6, 6.07) is 16.2. The van der Waals surface area contributed by atoms with E-state index in [1.54, 1.807) is 7.11 Å². The van der Waals surface area contributed by atoms with Gasteiger partial charge in [0.1, 0.15) is 5.75 Å². The lowest BCUT2D eigenvalue weighted by atomic mass is 9.96. The quantitative estimate of drug-likeness (QED) is 0.721. The molecule has 0 spiro atoms. The van der Waals surface area contributed by atoms with Gasteiger partial charge in [-0.25, -0.2) is 0 Å². The first-order chi connectivity index (χ1) is 7.90. The Morgan fingerprint density at radius 2 is 1.62 bits per heavy atom. The van der Waals surface area contributed by atoms with Gasteiger partial charge in [-0.2, -0.15) is 0 Å². The van der Waals surface area contributed by atoms with Crippen LogP contribution in [-0.2, 0) is 4.74 Å². The van der Waals surface area contributed by atoms with Crippen LogP contribution in [0.5, 0.6) is 5.75 Å². The topological polar surface area (TPSA) is 18.5 Å². The Morgan fingerprint density at radius 1 is 0.938 bits per heavy atom. The van der Waals surface area contributed by atoms with Gasteiger partial charge >= 0.3 is 0 Å². The predicted octanol–water partition coefficient (Wildman–Crippen LogP) is 3.39. The molecule has 0 fully saturated rings. The zero-order valence-electron chi connectivity index (χ0n) is 9.01. The minimum Gasteiger partial charge on any atom is -0.460 e. The molecule has 3 rings (SSSR count). The van der Waals surface area contributed by atoms with Crippen molar-refractivity contribution in [3.63, 3.8) is 0 Å². The molecule has 0 saturated heterocycles. The number of hydrogen-bond donors (Lipinski definition) is 0. The number of methoxy groups -OCH3 is 1. The number of para-hydroxylation sites is 1. The molecule has 2 aromatic carbocycles. The van der Waals surface area contributed by atoms with Gasteiger partial charge in [0.05, 0.1) is 0 Å². The number of ether oxygens (including phenoxy) is 2. The third kappa shape index (κ3) is 1.31. The zero-order valence-corrected chi connectivity index (χ0v) is 9.01. The lowest BCUT2D eigenvalue weighted by Gasteiger charge is -2.27. The zero-order chi connectivity index (χ0) is 11.0. The molecular weight excluding hydrogens is 200 g/mol. The van der Waals surface area contributed by atoms with Crippen LogP contribution in [0.1, 0.15) is 11.9 Å². The van der Waals surface area contributed by atoms with E-state index < -0.39 is 0 Å². The van der Waals surface area contributed by atoms with Crippen LogP contribution in [0.4, 0.5) is 0 Å². The second-order valence-corrected chi connectivity index (χ2v) is 3.77. The van der Waals surface area contributed by atoms with Crippen molar-refractivity contribution < 1.29 is 9.47 Å². The molecule has 1 unspecified atom stereocenters. The van der Waals surface area contributed by atoms with Crippen molar-refractivity contribution in [1.29, 1.82) is 0 Å². The summed E-state index contributed by atoms with van der Waals surface area (Å²) in [5.41, 5.74) is 3.41. The van der Waals surface area contributed by atoms with Gasteiger partial charge in [0, 0.05) is 18.2 Å². The van der Waals surface area contributed by atoms with Gasteiger partial charge in [0.25, 0.3) is 0 Å². The lowest BCUT2D eigenvalue weighted by molar-refractivity contribution is -0.0578. The summed E-state index contributed by atoms with van der Waals surface area (Å²) in [6.45, 7) is 0. The molecule has 1 heterocycles. The molecule has 1 aliphatic heterocycles. The molecule has 1 atom stereocenters. The molecule has 0 aromatic heterocycles. The number of hydrogen-bond acceptors (Lipinski definition) is 2. The molecular formula is C14H12O2. The van der Waals surface area contributed by atoms with E-state index in [4.69, 9.17) is 9.47 Å². The maximum absolute atomic E-state index is 5.79. The predicted molar refractivity (Wildman–Crippen MR) is 62.3 cm³/mol.